The van der Waals surface area contributed by atoms with Crippen molar-refractivity contribution in [3.8, 4) is 11.1 Å². The maximum Gasteiger partial charge on any atom is 0.338 e. The molecule has 0 fully saturated rings. The van der Waals surface area contributed by atoms with Gasteiger partial charge in [-0.2, -0.15) is 0 Å². The van der Waals surface area contributed by atoms with Gasteiger partial charge in [0.15, 0.2) is 0 Å². The van der Waals surface area contributed by atoms with E-state index in [1.165, 1.54) is 12.7 Å². The molecule has 0 saturated carbocycles. The van der Waals surface area contributed by atoms with E-state index in [-0.39, 0.29) is 5.97 Å². The van der Waals surface area contributed by atoms with Crippen LogP contribution in [0.3, 0.4) is 0 Å². The predicted molar refractivity (Wildman–Crippen MR) is 123 cm³/mol. The van der Waals surface area contributed by atoms with Gasteiger partial charge < -0.3 is 4.74 Å². The van der Waals surface area contributed by atoms with Gasteiger partial charge in [0.25, 0.3) is 0 Å². The monoisotopic (exact) mass is 439 g/mol. The molecule has 0 amide bonds. The Labute approximate surface area is 184 Å². The molecule has 2 aliphatic carbocycles. The third-order valence-electron chi connectivity index (χ3n) is 5.37. The van der Waals surface area contributed by atoms with Gasteiger partial charge in [-0.1, -0.05) is 67.8 Å². The molecule has 0 saturated heterocycles. The number of aryl methyl sites for hydroxylation is 1. The average Bonchev–Trinajstić information content (AvgIpc) is 2.95. The summed E-state index contributed by atoms with van der Waals surface area (Å²) in [6.45, 7) is 0.448. The first-order chi connectivity index (χ1) is 15.0. The number of hydrogen-bond acceptors (Lipinski definition) is 4. The maximum absolute atomic E-state index is 12.2. The first-order valence-corrected chi connectivity index (χ1v) is 12.1. The number of fused-ring (bicyclic) bond motifs is 1. The number of rotatable bonds is 11. The van der Waals surface area contributed by atoms with Gasteiger partial charge in [-0.15, -0.1) is 0 Å². The van der Waals surface area contributed by atoms with E-state index in [9.17, 15) is 13.2 Å². The van der Waals surface area contributed by atoms with Gasteiger partial charge in [-0.3, -0.25) is 0 Å². The number of unbranched alkanes of at least 4 members (excludes halogenated alkanes) is 4. The lowest BCUT2D eigenvalue weighted by molar-refractivity contribution is 0.0602. The predicted octanol–water partition coefficient (Wildman–Crippen LogP) is 5.05. The van der Waals surface area contributed by atoms with Crippen LogP contribution in [-0.4, -0.2) is 28.0 Å². The molecule has 0 radical (unpaired) electrons. The summed E-state index contributed by atoms with van der Waals surface area (Å²) in [6.07, 6.45) is 5.81. The van der Waals surface area contributed by atoms with Gasteiger partial charge in [-0.05, 0) is 54.2 Å². The number of nitrogens with one attached hydrogen (secondary N) is 1. The zero-order valence-corrected chi connectivity index (χ0v) is 18.7. The zero-order chi connectivity index (χ0) is 22.1. The third-order valence-corrected chi connectivity index (χ3v) is 6.84. The van der Waals surface area contributed by atoms with Gasteiger partial charge in [0.05, 0.1) is 17.6 Å². The molecular formula is C25H29NO4S. The van der Waals surface area contributed by atoms with Gasteiger partial charge in [0.1, 0.15) is 0 Å². The lowest BCUT2D eigenvalue weighted by Crippen LogP contribution is -2.24. The average molecular weight is 440 g/mol. The first kappa shape index (κ1) is 23.0. The van der Waals surface area contributed by atoms with Crippen molar-refractivity contribution in [3.05, 3.63) is 77.9 Å². The van der Waals surface area contributed by atoms with Gasteiger partial charge in [0.2, 0.25) is 10.0 Å². The van der Waals surface area contributed by atoms with Crippen LogP contribution in [-0.2, 0) is 21.2 Å². The molecule has 0 spiro atoms. The fraction of sp³-hybridized carbons (Fsp3) is 0.320. The second-order valence-corrected chi connectivity index (χ2v) is 9.31. The van der Waals surface area contributed by atoms with Crippen LogP contribution in [0.25, 0.3) is 11.1 Å². The second-order valence-electron chi connectivity index (χ2n) is 7.54. The van der Waals surface area contributed by atoms with Crippen molar-refractivity contribution in [1.29, 1.82) is 0 Å². The Hall–Kier alpha value is -2.70. The van der Waals surface area contributed by atoms with Crippen LogP contribution >= 0.6 is 0 Å². The number of carbonyl (C=O) groups is 1. The van der Waals surface area contributed by atoms with E-state index in [1.807, 2.05) is 30.3 Å². The number of benzene rings is 1. The molecule has 31 heavy (non-hydrogen) atoms. The van der Waals surface area contributed by atoms with Gasteiger partial charge in [-0.25, -0.2) is 17.9 Å². The number of carbonyl (C=O) groups excluding carboxylic acids is 1. The van der Waals surface area contributed by atoms with E-state index in [2.05, 4.69) is 10.8 Å². The molecule has 0 aromatic heterocycles. The minimum absolute atomic E-state index is 0.302. The van der Waals surface area contributed by atoms with Crippen molar-refractivity contribution < 1.29 is 17.9 Å². The van der Waals surface area contributed by atoms with Crippen molar-refractivity contribution >= 4 is 16.0 Å². The molecule has 6 heteroatoms. The molecule has 5 nitrogen and oxygen atoms in total. The minimum atomic E-state index is -3.41. The van der Waals surface area contributed by atoms with E-state index in [0.29, 0.717) is 17.0 Å². The molecule has 2 aliphatic rings. The lowest BCUT2D eigenvalue weighted by Gasteiger charge is -2.07. The van der Waals surface area contributed by atoms with Crippen LogP contribution in [0.1, 0.15) is 48.0 Å². The fourth-order valence-electron chi connectivity index (χ4n) is 3.74. The highest BCUT2D eigenvalue weighted by atomic mass is 32.2. The molecule has 164 valence electrons. The van der Waals surface area contributed by atoms with Crippen LogP contribution in [0.15, 0.2) is 71.6 Å². The number of esters is 1. The maximum atomic E-state index is 12.2. The van der Waals surface area contributed by atoms with Gasteiger partial charge in [0, 0.05) is 6.54 Å². The summed E-state index contributed by atoms with van der Waals surface area (Å²) in [5.74, 6) is -0.305. The second kappa shape index (κ2) is 11.1. The van der Waals surface area contributed by atoms with Crippen LogP contribution in [0.2, 0.25) is 0 Å². The van der Waals surface area contributed by atoms with Crippen LogP contribution in [0.5, 0.6) is 0 Å². The van der Waals surface area contributed by atoms with Crippen molar-refractivity contribution in [1.82, 2.24) is 4.72 Å². The van der Waals surface area contributed by atoms with Crippen molar-refractivity contribution in [2.75, 3.05) is 13.7 Å². The van der Waals surface area contributed by atoms with E-state index < -0.39 is 10.0 Å². The van der Waals surface area contributed by atoms with Crippen molar-refractivity contribution in [3.63, 3.8) is 0 Å². The molecule has 0 atom stereocenters. The molecule has 1 aromatic carbocycles. The Kier molecular flexibility index (Phi) is 8.20. The number of sulfonamides is 1. The standard InChI is InChI=1S/C25H29NO4S/c1-30-25(27)24-19-20(22-16-10-6-11-17-23(22)24)13-7-3-2-4-12-18-26-31(28,29)21-14-8-5-9-15-21/h5-6,8-11,14-17,19,26H,2-4,7,12-13,18H2,1H3. The van der Waals surface area contributed by atoms with Crippen molar-refractivity contribution in [2.45, 2.75) is 43.4 Å². The topological polar surface area (TPSA) is 72.5 Å². The van der Waals surface area contributed by atoms with E-state index in [0.717, 1.165) is 49.7 Å². The quantitative estimate of drug-likeness (QED) is 0.335. The SMILES string of the molecule is COC(=O)c1cc(CCCCCCCNS(=O)(=O)c2ccccc2)c2cccccc1-2. The Balaban J connectivity index is 1.42. The highest BCUT2D eigenvalue weighted by Crippen LogP contribution is 2.33. The van der Waals surface area contributed by atoms with Crippen LogP contribution in [0, 0.1) is 0 Å². The molecule has 0 bridgehead atoms. The molecule has 0 unspecified atom stereocenters. The molecule has 0 heterocycles. The molecule has 3 rings (SSSR count). The smallest absolute Gasteiger partial charge is 0.338 e. The summed E-state index contributed by atoms with van der Waals surface area (Å²) < 4.78 is 32.0. The Morgan fingerprint density at radius 2 is 1.45 bits per heavy atom. The Morgan fingerprint density at radius 1 is 0.839 bits per heavy atom. The van der Waals surface area contributed by atoms with E-state index >= 15 is 0 Å². The largest absolute Gasteiger partial charge is 0.465 e. The Bertz CT molecular complexity index is 1060. The van der Waals surface area contributed by atoms with E-state index in [4.69, 9.17) is 4.74 Å². The van der Waals surface area contributed by atoms with Gasteiger partial charge >= 0.3 is 5.97 Å². The summed E-state index contributed by atoms with van der Waals surface area (Å²) in [7, 11) is -2.01. The third kappa shape index (κ3) is 6.15. The molecule has 0 aliphatic heterocycles. The number of hydrogen-bond donors (Lipinski definition) is 1. The Morgan fingerprint density at radius 3 is 2.16 bits per heavy atom. The number of methoxy groups -OCH3 is 1. The highest BCUT2D eigenvalue weighted by molar-refractivity contribution is 7.89. The highest BCUT2D eigenvalue weighted by Gasteiger charge is 2.19. The molecular weight excluding hydrogens is 410 g/mol. The zero-order valence-electron chi connectivity index (χ0n) is 17.8. The minimum Gasteiger partial charge on any atom is -0.465 e. The lowest BCUT2D eigenvalue weighted by atomic mass is 10.0. The normalized spacial score (nSPS) is 11.5. The van der Waals surface area contributed by atoms with Crippen molar-refractivity contribution in [2.24, 2.45) is 0 Å². The van der Waals surface area contributed by atoms with E-state index in [1.54, 1.807) is 30.3 Å². The molecule has 1 aromatic rings. The molecule has 1 N–H and O–H groups in total. The summed E-state index contributed by atoms with van der Waals surface area (Å²) in [4.78, 5) is 12.4. The van der Waals surface area contributed by atoms with Crippen LogP contribution in [0.4, 0.5) is 0 Å². The number of ether oxygens (including phenoxy) is 1. The summed E-state index contributed by atoms with van der Waals surface area (Å²) in [5, 5.41) is 0. The van der Waals surface area contributed by atoms with Crippen LogP contribution < -0.4 is 4.72 Å². The fourth-order valence-corrected chi connectivity index (χ4v) is 4.83. The summed E-state index contributed by atoms with van der Waals surface area (Å²) in [6, 6.07) is 20.3. The first-order valence-electron chi connectivity index (χ1n) is 10.7. The summed E-state index contributed by atoms with van der Waals surface area (Å²) >= 11 is 0. The summed E-state index contributed by atoms with van der Waals surface area (Å²) in [5.41, 5.74) is 3.81.